The number of likely N-dealkylation sites (tertiary alicyclic amines) is 1. The van der Waals surface area contributed by atoms with Crippen molar-refractivity contribution >= 4 is 11.9 Å². The fraction of sp³-hybridized carbons (Fsp3) is 0.467. The van der Waals surface area contributed by atoms with Gasteiger partial charge in [0.2, 0.25) is 0 Å². The zero-order chi connectivity index (χ0) is 16.3. The highest BCUT2D eigenvalue weighted by molar-refractivity contribution is 5.79. The minimum atomic E-state index is -0.935. The van der Waals surface area contributed by atoms with Crippen LogP contribution in [0.3, 0.4) is 0 Å². The first-order chi connectivity index (χ1) is 10.4. The summed E-state index contributed by atoms with van der Waals surface area (Å²) in [6.45, 7) is 2.02. The summed E-state index contributed by atoms with van der Waals surface area (Å²) in [5, 5.41) is 9.07. The van der Waals surface area contributed by atoms with Gasteiger partial charge < -0.3 is 14.7 Å². The quantitative estimate of drug-likeness (QED) is 0.922. The maximum Gasteiger partial charge on any atom is 0.308 e. The molecule has 2 unspecified atom stereocenters. The number of rotatable bonds is 4. The number of carbonyl (C=O) groups is 2. The van der Waals surface area contributed by atoms with Crippen molar-refractivity contribution in [1.29, 1.82) is 0 Å². The average Bonchev–Trinajstić information content (AvgIpc) is 2.45. The molecule has 1 aromatic carbocycles. The lowest BCUT2D eigenvalue weighted by Crippen LogP contribution is -2.47. The largest absolute Gasteiger partial charge is 0.481 e. The molecule has 120 valence electrons. The average molecular weight is 313 g/mol. The van der Waals surface area contributed by atoms with Gasteiger partial charge in [0.1, 0.15) is 5.82 Å². The van der Waals surface area contributed by atoms with Crippen LogP contribution in [-0.4, -0.2) is 41.6 Å². The third-order valence-electron chi connectivity index (χ3n) is 3.61. The lowest BCUT2D eigenvalue weighted by Gasteiger charge is -2.34. The van der Waals surface area contributed by atoms with Crippen molar-refractivity contribution in [2.75, 3.05) is 19.7 Å². The molecule has 1 saturated heterocycles. The number of carboxylic acids is 1. The van der Waals surface area contributed by atoms with Crippen LogP contribution in [-0.2, 0) is 9.59 Å². The van der Waals surface area contributed by atoms with E-state index in [1.165, 1.54) is 4.90 Å². The number of nitrogens with zero attached hydrogens (tertiary/aromatic N) is 1. The predicted octanol–water partition coefficient (Wildman–Crippen LogP) is 1.91. The van der Waals surface area contributed by atoms with Gasteiger partial charge in [0.15, 0.2) is 18.2 Å². The fourth-order valence-electron chi connectivity index (χ4n) is 2.56. The zero-order valence-electron chi connectivity index (χ0n) is 12.1. The van der Waals surface area contributed by atoms with Crippen molar-refractivity contribution in [3.8, 4) is 5.75 Å². The Morgan fingerprint density at radius 2 is 2.09 bits per heavy atom. The predicted molar refractivity (Wildman–Crippen MR) is 73.3 cm³/mol. The van der Waals surface area contributed by atoms with E-state index in [0.717, 1.165) is 12.1 Å². The Morgan fingerprint density at radius 1 is 1.36 bits per heavy atom. The third kappa shape index (κ3) is 3.93. The van der Waals surface area contributed by atoms with Gasteiger partial charge >= 0.3 is 5.97 Å². The molecule has 7 heteroatoms. The number of carbonyl (C=O) groups excluding carboxylic acids is 1. The molecule has 0 aromatic heterocycles. The van der Waals surface area contributed by atoms with Crippen LogP contribution >= 0.6 is 0 Å². The number of carboxylic acid groups (broad SMARTS) is 1. The lowest BCUT2D eigenvalue weighted by molar-refractivity contribution is -0.147. The fourth-order valence-corrected chi connectivity index (χ4v) is 2.56. The normalized spacial score (nSPS) is 21.5. The summed E-state index contributed by atoms with van der Waals surface area (Å²) in [5.41, 5.74) is 0. The van der Waals surface area contributed by atoms with Gasteiger partial charge in [-0.15, -0.1) is 0 Å². The molecule has 1 heterocycles. The van der Waals surface area contributed by atoms with Crippen LogP contribution in [0.2, 0.25) is 0 Å². The van der Waals surface area contributed by atoms with Crippen molar-refractivity contribution in [3.05, 3.63) is 29.8 Å². The van der Waals surface area contributed by atoms with E-state index in [1.54, 1.807) is 0 Å². The molecule has 0 bridgehead atoms. The monoisotopic (exact) mass is 313 g/mol. The Labute approximate surface area is 126 Å². The second kappa shape index (κ2) is 6.72. The highest BCUT2D eigenvalue weighted by Crippen LogP contribution is 2.22. The van der Waals surface area contributed by atoms with Crippen LogP contribution in [0, 0.1) is 23.5 Å². The van der Waals surface area contributed by atoms with Crippen molar-refractivity contribution in [2.45, 2.75) is 13.3 Å². The summed E-state index contributed by atoms with van der Waals surface area (Å²) >= 11 is 0. The Morgan fingerprint density at radius 3 is 2.73 bits per heavy atom. The molecule has 1 aromatic rings. The first-order valence-electron chi connectivity index (χ1n) is 6.95. The lowest BCUT2D eigenvalue weighted by atomic mass is 9.90. The van der Waals surface area contributed by atoms with Gasteiger partial charge in [-0.25, -0.2) is 8.78 Å². The minimum Gasteiger partial charge on any atom is -0.481 e. The molecule has 1 N–H and O–H groups in total. The summed E-state index contributed by atoms with van der Waals surface area (Å²) in [6.07, 6.45) is 0.520. The summed E-state index contributed by atoms with van der Waals surface area (Å²) < 4.78 is 31.2. The summed E-state index contributed by atoms with van der Waals surface area (Å²) in [5.74, 6) is -3.71. The molecule has 0 spiro atoms. The van der Waals surface area contributed by atoms with E-state index in [9.17, 15) is 18.4 Å². The van der Waals surface area contributed by atoms with Gasteiger partial charge in [-0.05, 0) is 24.5 Å². The Balaban J connectivity index is 1.95. The maximum absolute atomic E-state index is 13.4. The molecule has 1 aliphatic heterocycles. The molecular formula is C15H17F2NO4. The standard InChI is InChI=1S/C15H17F2NO4/c1-9-4-10(15(20)21)7-18(6-9)14(19)8-22-13-3-2-11(16)5-12(13)17/h2-3,5,9-10H,4,6-8H2,1H3,(H,20,21). The molecule has 0 saturated carbocycles. The maximum atomic E-state index is 13.4. The number of halogens is 2. The minimum absolute atomic E-state index is 0.0707. The number of hydrogen-bond donors (Lipinski definition) is 1. The van der Waals surface area contributed by atoms with Gasteiger partial charge in [-0.3, -0.25) is 9.59 Å². The van der Waals surface area contributed by atoms with Crippen molar-refractivity contribution in [3.63, 3.8) is 0 Å². The van der Waals surface area contributed by atoms with E-state index in [0.29, 0.717) is 19.0 Å². The molecule has 5 nitrogen and oxygen atoms in total. The number of hydrogen-bond acceptors (Lipinski definition) is 3. The number of amides is 1. The van der Waals surface area contributed by atoms with Gasteiger partial charge in [0.25, 0.3) is 5.91 Å². The van der Waals surface area contributed by atoms with Crippen molar-refractivity contribution in [1.82, 2.24) is 4.90 Å². The summed E-state index contributed by atoms with van der Waals surface area (Å²) in [4.78, 5) is 24.6. The summed E-state index contributed by atoms with van der Waals surface area (Å²) in [7, 11) is 0. The van der Waals surface area contributed by atoms with E-state index in [2.05, 4.69) is 0 Å². The highest BCUT2D eigenvalue weighted by Gasteiger charge is 2.32. The van der Waals surface area contributed by atoms with E-state index in [-0.39, 0.29) is 18.2 Å². The molecule has 1 amide bonds. The van der Waals surface area contributed by atoms with Crippen LogP contribution in [0.4, 0.5) is 8.78 Å². The Kier molecular flexibility index (Phi) is 4.95. The molecule has 1 aliphatic rings. The number of aliphatic carboxylic acids is 1. The SMILES string of the molecule is CC1CC(C(=O)O)CN(C(=O)COc2ccc(F)cc2F)C1. The molecule has 2 atom stereocenters. The molecule has 1 fully saturated rings. The van der Waals surface area contributed by atoms with E-state index < -0.39 is 36.0 Å². The zero-order valence-corrected chi connectivity index (χ0v) is 12.1. The summed E-state index contributed by atoms with van der Waals surface area (Å²) in [6, 6.07) is 2.81. The highest BCUT2D eigenvalue weighted by atomic mass is 19.1. The van der Waals surface area contributed by atoms with E-state index in [4.69, 9.17) is 9.84 Å². The molecule has 0 aliphatic carbocycles. The molecule has 2 rings (SSSR count). The molecule has 22 heavy (non-hydrogen) atoms. The van der Waals surface area contributed by atoms with Crippen LogP contribution in [0.15, 0.2) is 18.2 Å². The van der Waals surface area contributed by atoms with Crippen LogP contribution in [0.5, 0.6) is 5.75 Å². The first-order valence-corrected chi connectivity index (χ1v) is 6.95. The number of benzene rings is 1. The van der Waals surface area contributed by atoms with Gasteiger partial charge in [-0.1, -0.05) is 6.92 Å². The Bertz CT molecular complexity index is 579. The smallest absolute Gasteiger partial charge is 0.308 e. The van der Waals surface area contributed by atoms with Gasteiger partial charge in [0.05, 0.1) is 5.92 Å². The topological polar surface area (TPSA) is 66.8 Å². The van der Waals surface area contributed by atoms with E-state index >= 15 is 0 Å². The van der Waals surface area contributed by atoms with E-state index in [1.807, 2.05) is 6.92 Å². The van der Waals surface area contributed by atoms with Crippen LogP contribution in [0.25, 0.3) is 0 Å². The van der Waals surface area contributed by atoms with Crippen molar-refractivity contribution < 1.29 is 28.2 Å². The third-order valence-corrected chi connectivity index (χ3v) is 3.61. The first kappa shape index (κ1) is 16.2. The van der Waals surface area contributed by atoms with Crippen molar-refractivity contribution in [2.24, 2.45) is 11.8 Å². The van der Waals surface area contributed by atoms with Crippen LogP contribution < -0.4 is 4.74 Å². The van der Waals surface area contributed by atoms with Gasteiger partial charge in [0, 0.05) is 19.2 Å². The van der Waals surface area contributed by atoms with Gasteiger partial charge in [-0.2, -0.15) is 0 Å². The molecule has 0 radical (unpaired) electrons. The number of ether oxygens (including phenoxy) is 1. The number of piperidine rings is 1. The molecular weight excluding hydrogens is 296 g/mol. The second-order valence-corrected chi connectivity index (χ2v) is 5.54. The second-order valence-electron chi connectivity index (χ2n) is 5.54. The van der Waals surface area contributed by atoms with Crippen LogP contribution in [0.1, 0.15) is 13.3 Å². The Hall–Kier alpha value is -2.18.